The van der Waals surface area contributed by atoms with Gasteiger partial charge in [-0.1, -0.05) is 0 Å². The van der Waals surface area contributed by atoms with Gasteiger partial charge in [0, 0.05) is 29.2 Å². The summed E-state index contributed by atoms with van der Waals surface area (Å²) in [6.45, 7) is 8.43. The second-order valence-corrected chi connectivity index (χ2v) is 7.38. The van der Waals surface area contributed by atoms with Crippen LogP contribution in [0.4, 0.5) is 5.69 Å². The average Bonchev–Trinajstić information content (AvgIpc) is 2.45. The lowest BCUT2D eigenvalue weighted by atomic mass is 9.80. The monoisotopic (exact) mass is 334 g/mol. The van der Waals surface area contributed by atoms with E-state index in [4.69, 9.17) is 22.0 Å². The van der Waals surface area contributed by atoms with E-state index in [9.17, 15) is 0 Å². The number of guanidine groups is 1. The van der Waals surface area contributed by atoms with Crippen molar-refractivity contribution in [3.63, 3.8) is 0 Å². The third kappa shape index (κ3) is 4.34. The lowest BCUT2D eigenvalue weighted by Crippen LogP contribution is -2.57. The number of anilines is 1. The topological polar surface area (TPSA) is 76.3 Å². The number of piperidine rings is 1. The molecule has 0 bridgehead atoms. The summed E-state index contributed by atoms with van der Waals surface area (Å²) in [5.41, 5.74) is 0.479. The van der Waals surface area contributed by atoms with Gasteiger partial charge >= 0.3 is 0 Å². The number of aliphatic imine (C=N–C) groups is 1. The van der Waals surface area contributed by atoms with E-state index in [-0.39, 0.29) is 17.1 Å². The summed E-state index contributed by atoms with van der Waals surface area (Å²) < 4.78 is 1.89. The number of nitrogens with one attached hydrogen (secondary N) is 2. The number of rotatable bonds is 2. The fraction of sp³-hybridized carbons (Fsp3) is 0.562. The van der Waals surface area contributed by atoms with E-state index in [1.54, 1.807) is 12.4 Å². The van der Waals surface area contributed by atoms with E-state index in [1.165, 1.54) is 0 Å². The van der Waals surface area contributed by atoms with Gasteiger partial charge in [-0.15, -0.1) is 0 Å². The van der Waals surface area contributed by atoms with Crippen molar-refractivity contribution in [2.75, 3.05) is 5.32 Å². The van der Waals surface area contributed by atoms with Crippen LogP contribution in [0, 0.1) is 11.5 Å². The maximum Gasteiger partial charge on any atom is 0.209 e. The molecule has 2 heterocycles. The highest BCUT2D eigenvalue weighted by Crippen LogP contribution is 2.40. The standard InChI is InChI=1S/C16H23ClN6/c1-15(2)9-13(10-16(3,4)23(15)17)22-14(20-11-18)21-12-5-7-19-8-6-12/h5-8,13H,9-10H2,1-4H3,(H2,19,20,21,22). The van der Waals surface area contributed by atoms with Gasteiger partial charge in [0.25, 0.3) is 0 Å². The molecule has 2 rings (SSSR count). The number of aromatic nitrogens is 1. The molecule has 0 unspecified atom stereocenters. The number of hydrogen-bond donors (Lipinski definition) is 2. The quantitative estimate of drug-likeness (QED) is 0.286. The molecule has 1 aliphatic rings. The van der Waals surface area contributed by atoms with Gasteiger partial charge in [0.2, 0.25) is 5.96 Å². The third-order valence-corrected chi connectivity index (χ3v) is 4.88. The summed E-state index contributed by atoms with van der Waals surface area (Å²) in [4.78, 5) is 8.69. The van der Waals surface area contributed by atoms with Crippen molar-refractivity contribution in [2.24, 2.45) is 4.99 Å². The minimum atomic E-state index is -0.175. The van der Waals surface area contributed by atoms with Gasteiger partial charge in [-0.3, -0.25) is 10.3 Å². The molecular weight excluding hydrogens is 312 g/mol. The lowest BCUT2D eigenvalue weighted by molar-refractivity contribution is 0.0472. The number of hydrogen-bond acceptors (Lipinski definition) is 4. The summed E-state index contributed by atoms with van der Waals surface area (Å²) in [6.07, 6.45) is 6.93. The van der Waals surface area contributed by atoms with Crippen LogP contribution < -0.4 is 10.6 Å². The maximum absolute atomic E-state index is 8.97. The van der Waals surface area contributed by atoms with Crippen LogP contribution in [0.1, 0.15) is 40.5 Å². The van der Waals surface area contributed by atoms with Crippen molar-refractivity contribution in [3.05, 3.63) is 24.5 Å². The third-order valence-electron chi connectivity index (χ3n) is 3.96. The predicted molar refractivity (Wildman–Crippen MR) is 92.9 cm³/mol. The Morgan fingerprint density at radius 2 is 1.87 bits per heavy atom. The molecule has 124 valence electrons. The molecule has 23 heavy (non-hydrogen) atoms. The first kappa shape index (κ1) is 17.5. The minimum absolute atomic E-state index is 0.0696. The van der Waals surface area contributed by atoms with Crippen LogP contribution in [0.15, 0.2) is 29.5 Å². The Labute approximate surface area is 142 Å². The molecule has 7 heteroatoms. The summed E-state index contributed by atoms with van der Waals surface area (Å²) in [6, 6.07) is 3.72. The highest BCUT2D eigenvalue weighted by Gasteiger charge is 2.44. The van der Waals surface area contributed by atoms with Gasteiger partial charge in [0.15, 0.2) is 6.19 Å². The number of halogens is 1. The molecule has 6 nitrogen and oxygen atoms in total. The molecule has 1 aliphatic heterocycles. The fourth-order valence-electron chi connectivity index (χ4n) is 3.20. The Kier molecular flexibility index (Phi) is 5.12. The molecule has 0 spiro atoms. The Hall–Kier alpha value is -1.84. The lowest BCUT2D eigenvalue weighted by Gasteiger charge is -2.50. The molecule has 1 aromatic rings. The largest absolute Gasteiger partial charge is 0.325 e. The molecule has 0 aromatic carbocycles. The van der Waals surface area contributed by atoms with E-state index in [2.05, 4.69) is 43.3 Å². The molecule has 0 saturated carbocycles. The van der Waals surface area contributed by atoms with Crippen molar-refractivity contribution >= 4 is 23.4 Å². The van der Waals surface area contributed by atoms with E-state index in [1.807, 2.05) is 22.7 Å². The smallest absolute Gasteiger partial charge is 0.209 e. The van der Waals surface area contributed by atoms with Gasteiger partial charge < -0.3 is 5.32 Å². The second kappa shape index (κ2) is 6.73. The first-order chi connectivity index (χ1) is 10.7. The molecule has 0 radical (unpaired) electrons. The first-order valence-electron chi connectivity index (χ1n) is 7.61. The summed E-state index contributed by atoms with van der Waals surface area (Å²) in [7, 11) is 0. The Morgan fingerprint density at radius 1 is 1.30 bits per heavy atom. The average molecular weight is 335 g/mol. The van der Waals surface area contributed by atoms with Crippen LogP contribution in [0.5, 0.6) is 0 Å². The Bertz CT molecular complexity index is 587. The van der Waals surface area contributed by atoms with Crippen LogP contribution in [0.25, 0.3) is 0 Å². The summed E-state index contributed by atoms with van der Waals surface area (Å²) >= 11 is 6.49. The number of nitrogens with zero attached hydrogens (tertiary/aromatic N) is 4. The van der Waals surface area contributed by atoms with E-state index in [0.717, 1.165) is 18.5 Å². The number of pyridine rings is 1. The van der Waals surface area contributed by atoms with Crippen molar-refractivity contribution < 1.29 is 0 Å². The van der Waals surface area contributed by atoms with Gasteiger partial charge in [0.1, 0.15) is 0 Å². The van der Waals surface area contributed by atoms with Crippen LogP contribution in [0.3, 0.4) is 0 Å². The first-order valence-corrected chi connectivity index (χ1v) is 7.94. The molecule has 2 N–H and O–H groups in total. The molecule has 0 amide bonds. The van der Waals surface area contributed by atoms with Crippen LogP contribution in [-0.2, 0) is 0 Å². The zero-order chi connectivity index (χ0) is 17.1. The van der Waals surface area contributed by atoms with Gasteiger partial charge in [-0.05, 0) is 64.4 Å². The van der Waals surface area contributed by atoms with E-state index in [0.29, 0.717) is 5.96 Å². The summed E-state index contributed by atoms with van der Waals surface area (Å²) in [5, 5.41) is 14.7. The normalized spacial score (nSPS) is 21.5. The molecule has 1 saturated heterocycles. The van der Waals surface area contributed by atoms with Crippen LogP contribution in [0.2, 0.25) is 0 Å². The number of nitriles is 1. The van der Waals surface area contributed by atoms with Crippen LogP contribution >= 0.6 is 11.8 Å². The molecular formula is C16H23ClN6. The van der Waals surface area contributed by atoms with Gasteiger partial charge in [-0.2, -0.15) is 5.26 Å². The van der Waals surface area contributed by atoms with Crippen molar-refractivity contribution in [3.8, 4) is 6.19 Å². The molecule has 1 fully saturated rings. The van der Waals surface area contributed by atoms with Crippen LogP contribution in [-0.4, -0.2) is 32.5 Å². The second-order valence-electron chi connectivity index (χ2n) is 7.04. The Balaban J connectivity index is 2.20. The van der Waals surface area contributed by atoms with Gasteiger partial charge in [-0.25, -0.2) is 9.41 Å². The van der Waals surface area contributed by atoms with Gasteiger partial charge in [0.05, 0.1) is 6.04 Å². The molecule has 1 aromatic heterocycles. The molecule has 0 aliphatic carbocycles. The Morgan fingerprint density at radius 3 is 2.39 bits per heavy atom. The van der Waals surface area contributed by atoms with Crippen molar-refractivity contribution in [2.45, 2.75) is 57.7 Å². The van der Waals surface area contributed by atoms with E-state index < -0.39 is 0 Å². The summed E-state index contributed by atoms with van der Waals surface area (Å²) in [5.74, 6) is 0.443. The van der Waals surface area contributed by atoms with E-state index >= 15 is 0 Å². The van der Waals surface area contributed by atoms with Crippen molar-refractivity contribution in [1.82, 2.24) is 14.7 Å². The van der Waals surface area contributed by atoms with Crippen molar-refractivity contribution in [1.29, 1.82) is 5.26 Å². The minimum Gasteiger partial charge on any atom is -0.325 e. The zero-order valence-electron chi connectivity index (χ0n) is 14.0. The fourth-order valence-corrected chi connectivity index (χ4v) is 3.34. The highest BCUT2D eigenvalue weighted by atomic mass is 35.5. The predicted octanol–water partition coefficient (Wildman–Crippen LogP) is 3.10. The SMILES string of the molecule is CC1(C)CC(N=C(NC#N)Nc2ccncc2)CC(C)(C)N1Cl. The highest BCUT2D eigenvalue weighted by molar-refractivity contribution is 6.14. The maximum atomic E-state index is 8.97. The zero-order valence-corrected chi connectivity index (χ0v) is 14.7. The molecule has 0 atom stereocenters.